The van der Waals surface area contributed by atoms with Crippen LogP contribution in [0.1, 0.15) is 55.3 Å². The number of nitrogens with zero attached hydrogens (tertiary/aromatic N) is 1. The molecule has 0 radical (unpaired) electrons. The molecule has 2 fully saturated rings. The molecule has 1 aromatic carbocycles. The van der Waals surface area contributed by atoms with Crippen LogP contribution in [0.25, 0.3) is 0 Å². The van der Waals surface area contributed by atoms with Crippen LogP contribution in [-0.4, -0.2) is 56.1 Å². The number of carbonyl (C=O) groups excluding carboxylic acids is 1. The molecule has 1 amide bonds. The number of carbonyl (C=O) groups is 1. The van der Waals surface area contributed by atoms with E-state index in [1.54, 1.807) is 18.2 Å². The Labute approximate surface area is 177 Å². The fraction of sp³-hybridized carbons (Fsp3) is 0.650. The van der Waals surface area contributed by atoms with Gasteiger partial charge in [-0.2, -0.15) is 11.8 Å². The van der Waals surface area contributed by atoms with Gasteiger partial charge in [0.2, 0.25) is 10.0 Å². The highest BCUT2D eigenvalue weighted by molar-refractivity contribution is 8.00. The molecule has 0 spiro atoms. The number of hydrogen-bond acceptors (Lipinski definition) is 5. The summed E-state index contributed by atoms with van der Waals surface area (Å²) < 4.78 is 28.2. The van der Waals surface area contributed by atoms with Crippen LogP contribution >= 0.6 is 23.5 Å². The van der Waals surface area contributed by atoms with E-state index < -0.39 is 10.0 Å². The maximum Gasteiger partial charge on any atom is 0.255 e. The van der Waals surface area contributed by atoms with Gasteiger partial charge in [-0.25, -0.2) is 13.1 Å². The van der Waals surface area contributed by atoms with Crippen molar-refractivity contribution in [2.45, 2.75) is 60.0 Å². The summed E-state index contributed by atoms with van der Waals surface area (Å²) in [4.78, 5) is 15.7. The first-order valence-corrected chi connectivity index (χ1v) is 13.9. The van der Waals surface area contributed by atoms with Gasteiger partial charge in [-0.05, 0) is 50.1 Å². The molecule has 28 heavy (non-hydrogen) atoms. The second-order valence-corrected chi connectivity index (χ2v) is 11.4. The Morgan fingerprint density at radius 1 is 1.14 bits per heavy atom. The molecule has 1 heterocycles. The van der Waals surface area contributed by atoms with Gasteiger partial charge in [0.05, 0.1) is 10.5 Å². The van der Waals surface area contributed by atoms with E-state index in [1.807, 2.05) is 22.9 Å². The molecule has 5 nitrogen and oxygen atoms in total. The number of thioether (sulfide) groups is 2. The summed E-state index contributed by atoms with van der Waals surface area (Å²) in [6.07, 6.45) is 10.3. The van der Waals surface area contributed by atoms with Gasteiger partial charge in [-0.3, -0.25) is 4.79 Å². The van der Waals surface area contributed by atoms with Gasteiger partial charge in [0.1, 0.15) is 0 Å². The van der Waals surface area contributed by atoms with E-state index >= 15 is 0 Å². The predicted octanol–water partition coefficient (Wildman–Crippen LogP) is 3.99. The van der Waals surface area contributed by atoms with Crippen LogP contribution in [0.15, 0.2) is 28.0 Å². The molecule has 1 aliphatic carbocycles. The molecule has 0 unspecified atom stereocenters. The third-order valence-corrected chi connectivity index (χ3v) is 9.04. The molecule has 1 saturated heterocycles. The number of amides is 1. The molecule has 1 N–H and O–H groups in total. The standard InChI is InChI=1S/C20H30N2O3S3/c1-26-19-10-9-17(15-18(19)20(23)22-12-5-6-13-22)28(24,25)21-11-14-27-16-7-3-2-4-8-16/h9-10,15-16,21H,2-8,11-14H2,1H3. The average molecular weight is 443 g/mol. The summed E-state index contributed by atoms with van der Waals surface area (Å²) in [5.74, 6) is 0.721. The first-order valence-electron chi connectivity index (χ1n) is 10.1. The Balaban J connectivity index is 1.63. The predicted molar refractivity (Wildman–Crippen MR) is 118 cm³/mol. The van der Waals surface area contributed by atoms with Crippen LogP contribution < -0.4 is 4.72 Å². The number of sulfonamides is 1. The summed E-state index contributed by atoms with van der Waals surface area (Å²) >= 11 is 3.35. The van der Waals surface area contributed by atoms with Crippen molar-refractivity contribution in [3.8, 4) is 0 Å². The van der Waals surface area contributed by atoms with Crippen LogP contribution in [0.4, 0.5) is 0 Å². The van der Waals surface area contributed by atoms with Crippen molar-refractivity contribution in [2.24, 2.45) is 0 Å². The maximum atomic E-state index is 12.8. The van der Waals surface area contributed by atoms with Crippen molar-refractivity contribution >= 4 is 39.5 Å². The molecule has 0 bridgehead atoms. The van der Waals surface area contributed by atoms with E-state index in [2.05, 4.69) is 4.72 Å². The minimum Gasteiger partial charge on any atom is -0.339 e. The minimum atomic E-state index is -3.61. The van der Waals surface area contributed by atoms with E-state index in [1.165, 1.54) is 43.9 Å². The quantitative estimate of drug-likeness (QED) is 0.487. The number of likely N-dealkylation sites (tertiary alicyclic amines) is 1. The van der Waals surface area contributed by atoms with E-state index in [0.717, 1.165) is 36.6 Å². The van der Waals surface area contributed by atoms with Crippen LogP contribution in [0.5, 0.6) is 0 Å². The monoisotopic (exact) mass is 442 g/mol. The lowest BCUT2D eigenvalue weighted by atomic mass is 10.0. The maximum absolute atomic E-state index is 12.8. The van der Waals surface area contributed by atoms with Crippen LogP contribution in [0, 0.1) is 0 Å². The minimum absolute atomic E-state index is 0.0632. The van der Waals surface area contributed by atoms with Crippen molar-refractivity contribution in [3.63, 3.8) is 0 Å². The van der Waals surface area contributed by atoms with E-state index in [9.17, 15) is 13.2 Å². The van der Waals surface area contributed by atoms with Gasteiger partial charge in [0.25, 0.3) is 5.91 Å². The van der Waals surface area contributed by atoms with Gasteiger partial charge >= 0.3 is 0 Å². The molecule has 156 valence electrons. The summed E-state index contributed by atoms with van der Waals surface area (Å²) in [6.45, 7) is 1.92. The molecule has 8 heteroatoms. The highest BCUT2D eigenvalue weighted by Gasteiger charge is 2.24. The lowest BCUT2D eigenvalue weighted by Gasteiger charge is -2.21. The van der Waals surface area contributed by atoms with E-state index in [4.69, 9.17) is 0 Å². The molecule has 1 aromatic rings. The first kappa shape index (κ1) is 22.0. The van der Waals surface area contributed by atoms with E-state index in [0.29, 0.717) is 17.4 Å². The lowest BCUT2D eigenvalue weighted by molar-refractivity contribution is 0.0789. The number of hydrogen-bond donors (Lipinski definition) is 1. The topological polar surface area (TPSA) is 66.5 Å². The Morgan fingerprint density at radius 2 is 1.86 bits per heavy atom. The molecule has 0 aromatic heterocycles. The highest BCUT2D eigenvalue weighted by atomic mass is 32.2. The van der Waals surface area contributed by atoms with Crippen molar-refractivity contribution in [3.05, 3.63) is 23.8 Å². The lowest BCUT2D eigenvalue weighted by Crippen LogP contribution is -2.29. The van der Waals surface area contributed by atoms with Crippen molar-refractivity contribution < 1.29 is 13.2 Å². The molecule has 2 aliphatic rings. The molecule has 1 saturated carbocycles. The molecular formula is C20H30N2O3S3. The van der Waals surface area contributed by atoms with Gasteiger partial charge in [0, 0.05) is 35.5 Å². The summed E-state index contributed by atoms with van der Waals surface area (Å²) in [7, 11) is -3.61. The van der Waals surface area contributed by atoms with Crippen molar-refractivity contribution in [2.75, 3.05) is 31.6 Å². The molecule has 0 atom stereocenters. The largest absolute Gasteiger partial charge is 0.339 e. The Bertz CT molecular complexity index is 771. The Morgan fingerprint density at radius 3 is 2.54 bits per heavy atom. The van der Waals surface area contributed by atoms with Crippen LogP contribution in [0.2, 0.25) is 0 Å². The van der Waals surface area contributed by atoms with E-state index in [-0.39, 0.29) is 10.8 Å². The molecule has 3 rings (SSSR count). The number of benzene rings is 1. The molecular weight excluding hydrogens is 412 g/mol. The SMILES string of the molecule is CSc1ccc(S(=O)(=O)NCCSC2CCCCC2)cc1C(=O)N1CCCC1. The summed E-state index contributed by atoms with van der Waals surface area (Å²) in [5, 5.41) is 0.670. The van der Waals surface area contributed by atoms with Gasteiger partial charge < -0.3 is 4.90 Å². The Kier molecular flexibility index (Phi) is 8.14. The van der Waals surface area contributed by atoms with Gasteiger partial charge in [-0.15, -0.1) is 11.8 Å². The third-order valence-electron chi connectivity index (χ3n) is 5.40. The number of nitrogens with one attached hydrogen (secondary N) is 1. The van der Waals surface area contributed by atoms with Crippen LogP contribution in [-0.2, 0) is 10.0 Å². The zero-order valence-electron chi connectivity index (χ0n) is 16.5. The summed E-state index contributed by atoms with van der Waals surface area (Å²) in [6, 6.07) is 4.89. The fourth-order valence-corrected chi connectivity index (χ4v) is 6.81. The normalized spacial score (nSPS) is 18.5. The summed E-state index contributed by atoms with van der Waals surface area (Å²) in [5.41, 5.74) is 0.494. The second kappa shape index (κ2) is 10.4. The highest BCUT2D eigenvalue weighted by Crippen LogP contribution is 2.28. The van der Waals surface area contributed by atoms with Gasteiger partial charge in [0.15, 0.2) is 0 Å². The zero-order valence-corrected chi connectivity index (χ0v) is 18.9. The van der Waals surface area contributed by atoms with Crippen molar-refractivity contribution in [1.82, 2.24) is 9.62 Å². The first-order chi connectivity index (χ1) is 13.5. The Hall–Kier alpha value is -0.700. The van der Waals surface area contributed by atoms with Crippen molar-refractivity contribution in [1.29, 1.82) is 0 Å². The second-order valence-electron chi connectivity index (χ2n) is 7.39. The average Bonchev–Trinajstić information content (AvgIpc) is 3.26. The number of rotatable bonds is 8. The third kappa shape index (κ3) is 5.68. The van der Waals surface area contributed by atoms with Crippen LogP contribution in [0.3, 0.4) is 0 Å². The zero-order chi connectivity index (χ0) is 20.0. The fourth-order valence-electron chi connectivity index (χ4n) is 3.83. The molecule has 1 aliphatic heterocycles. The van der Waals surface area contributed by atoms with Gasteiger partial charge in [-0.1, -0.05) is 19.3 Å². The smallest absolute Gasteiger partial charge is 0.255 e.